The lowest BCUT2D eigenvalue weighted by Gasteiger charge is -2.35. The molecule has 3 heterocycles. The van der Waals surface area contributed by atoms with E-state index in [1.54, 1.807) is 22.7 Å². The van der Waals surface area contributed by atoms with E-state index in [4.69, 9.17) is 9.72 Å². The molecule has 2 aromatic rings. The molecule has 24 heavy (non-hydrogen) atoms. The molecule has 0 radical (unpaired) electrons. The molecule has 0 saturated carbocycles. The van der Waals surface area contributed by atoms with Gasteiger partial charge in [0.25, 0.3) is 0 Å². The third-order valence-corrected chi connectivity index (χ3v) is 5.82. The van der Waals surface area contributed by atoms with Crippen LogP contribution in [-0.4, -0.2) is 48.3 Å². The molecule has 2 unspecified atom stereocenters. The van der Waals surface area contributed by atoms with E-state index in [2.05, 4.69) is 46.3 Å². The minimum atomic E-state index is 0.369. The van der Waals surface area contributed by atoms with Crippen molar-refractivity contribution in [2.24, 2.45) is 0 Å². The lowest BCUT2D eigenvalue weighted by atomic mass is 10.2. The Morgan fingerprint density at radius 2 is 2.08 bits per heavy atom. The fourth-order valence-corrected chi connectivity index (χ4v) is 4.71. The first kappa shape index (κ1) is 18.0. The third-order valence-electron chi connectivity index (χ3n) is 4.20. The van der Waals surface area contributed by atoms with Crippen molar-refractivity contribution in [3.8, 4) is 10.6 Å². The number of hydrogen-bond donors (Lipinski definition) is 1. The van der Waals surface area contributed by atoms with Crippen molar-refractivity contribution in [3.05, 3.63) is 27.9 Å². The van der Waals surface area contributed by atoms with Crippen LogP contribution in [-0.2, 0) is 11.3 Å². The van der Waals surface area contributed by atoms with E-state index in [-0.39, 0.29) is 0 Å². The number of thiophene rings is 1. The van der Waals surface area contributed by atoms with Crippen molar-refractivity contribution in [1.29, 1.82) is 0 Å². The maximum absolute atomic E-state index is 5.78. The number of nitrogens with one attached hydrogen (secondary N) is 1. The molecule has 2 atom stereocenters. The van der Waals surface area contributed by atoms with Gasteiger partial charge in [0.2, 0.25) is 0 Å². The molecule has 1 saturated heterocycles. The highest BCUT2D eigenvalue weighted by Crippen LogP contribution is 2.25. The van der Waals surface area contributed by atoms with Gasteiger partial charge in [-0.05, 0) is 51.2 Å². The molecule has 0 aromatic carbocycles. The predicted octanol–water partition coefficient (Wildman–Crippen LogP) is 3.85. The molecule has 0 aliphatic carbocycles. The Kier molecular flexibility index (Phi) is 6.80. The lowest BCUT2D eigenvalue weighted by Crippen LogP contribution is -2.45. The van der Waals surface area contributed by atoms with E-state index in [9.17, 15) is 0 Å². The molecule has 1 fully saturated rings. The zero-order chi connectivity index (χ0) is 16.8. The summed E-state index contributed by atoms with van der Waals surface area (Å²) in [4.78, 5) is 7.24. The monoisotopic (exact) mass is 365 g/mol. The minimum absolute atomic E-state index is 0.369. The summed E-state index contributed by atoms with van der Waals surface area (Å²) >= 11 is 3.45. The van der Waals surface area contributed by atoms with Gasteiger partial charge < -0.3 is 10.1 Å². The number of unbranched alkanes of at least 4 members (excludes halogenated alkanes) is 1. The van der Waals surface area contributed by atoms with Crippen molar-refractivity contribution in [2.75, 3.05) is 26.2 Å². The number of ether oxygens (including phenoxy) is 1. The minimum Gasteiger partial charge on any atom is -0.373 e. The van der Waals surface area contributed by atoms with Crippen LogP contribution >= 0.6 is 22.7 Å². The first-order valence-corrected chi connectivity index (χ1v) is 10.6. The quantitative estimate of drug-likeness (QED) is 0.721. The summed E-state index contributed by atoms with van der Waals surface area (Å²) in [6.07, 6.45) is 3.19. The van der Waals surface area contributed by atoms with Crippen LogP contribution in [0.15, 0.2) is 22.2 Å². The predicted molar refractivity (Wildman–Crippen MR) is 103 cm³/mol. The molecule has 1 N–H and O–H groups in total. The summed E-state index contributed by atoms with van der Waals surface area (Å²) < 4.78 is 5.78. The second-order valence-corrected chi connectivity index (χ2v) is 8.19. The van der Waals surface area contributed by atoms with Crippen LogP contribution in [0.5, 0.6) is 0 Å². The van der Waals surface area contributed by atoms with E-state index in [0.717, 1.165) is 36.9 Å². The van der Waals surface area contributed by atoms with Crippen LogP contribution in [0.1, 0.15) is 32.4 Å². The van der Waals surface area contributed by atoms with E-state index in [1.165, 1.54) is 24.9 Å². The van der Waals surface area contributed by atoms with E-state index < -0.39 is 0 Å². The van der Waals surface area contributed by atoms with Gasteiger partial charge in [-0.15, -0.1) is 11.3 Å². The number of morpholine rings is 1. The zero-order valence-corrected chi connectivity index (χ0v) is 16.2. The van der Waals surface area contributed by atoms with Crippen molar-refractivity contribution in [3.63, 3.8) is 0 Å². The van der Waals surface area contributed by atoms with Crippen LogP contribution in [0.25, 0.3) is 10.6 Å². The molecule has 1 aliphatic rings. The van der Waals surface area contributed by atoms with Crippen LogP contribution in [0.2, 0.25) is 0 Å². The Morgan fingerprint density at radius 1 is 1.25 bits per heavy atom. The Hall–Kier alpha value is -0.790. The topological polar surface area (TPSA) is 37.4 Å². The number of hydrogen-bond acceptors (Lipinski definition) is 6. The first-order valence-electron chi connectivity index (χ1n) is 8.76. The second kappa shape index (κ2) is 9.06. The Labute approximate surface area is 152 Å². The molecule has 2 aromatic heterocycles. The van der Waals surface area contributed by atoms with Gasteiger partial charge in [-0.1, -0.05) is 0 Å². The van der Waals surface area contributed by atoms with Crippen LogP contribution in [0.4, 0.5) is 0 Å². The maximum atomic E-state index is 5.78. The molecule has 1 aliphatic heterocycles. The van der Waals surface area contributed by atoms with Gasteiger partial charge in [-0.25, -0.2) is 4.98 Å². The molecule has 4 nitrogen and oxygen atoms in total. The highest BCUT2D eigenvalue weighted by Gasteiger charge is 2.21. The summed E-state index contributed by atoms with van der Waals surface area (Å²) in [5, 5.41) is 11.1. The largest absolute Gasteiger partial charge is 0.373 e. The molecule has 0 spiro atoms. The van der Waals surface area contributed by atoms with Gasteiger partial charge in [0, 0.05) is 36.0 Å². The summed E-state index contributed by atoms with van der Waals surface area (Å²) in [5.41, 5.74) is 2.39. The van der Waals surface area contributed by atoms with Crippen molar-refractivity contribution >= 4 is 22.7 Å². The molecule has 6 heteroatoms. The molecular weight excluding hydrogens is 338 g/mol. The van der Waals surface area contributed by atoms with Gasteiger partial charge in [0.05, 0.1) is 17.9 Å². The van der Waals surface area contributed by atoms with Gasteiger partial charge in [0.1, 0.15) is 5.01 Å². The van der Waals surface area contributed by atoms with E-state index >= 15 is 0 Å². The second-order valence-electron chi connectivity index (χ2n) is 6.56. The number of aromatic nitrogens is 1. The molecule has 132 valence electrons. The summed E-state index contributed by atoms with van der Waals surface area (Å²) in [6, 6.07) is 2.13. The van der Waals surface area contributed by atoms with Crippen LogP contribution in [0, 0.1) is 0 Å². The number of rotatable bonds is 8. The van der Waals surface area contributed by atoms with Crippen molar-refractivity contribution in [1.82, 2.24) is 15.2 Å². The van der Waals surface area contributed by atoms with E-state index in [1.807, 2.05) is 0 Å². The molecular formula is C18H27N3OS2. The summed E-state index contributed by atoms with van der Waals surface area (Å²) in [5.74, 6) is 0. The number of thiazole rings is 1. The number of nitrogens with zero attached hydrogens (tertiary/aromatic N) is 2. The summed E-state index contributed by atoms with van der Waals surface area (Å²) in [7, 11) is 0. The van der Waals surface area contributed by atoms with Crippen molar-refractivity contribution in [2.45, 2.75) is 45.4 Å². The summed E-state index contributed by atoms with van der Waals surface area (Å²) in [6.45, 7) is 9.58. The Balaban J connectivity index is 1.29. The van der Waals surface area contributed by atoms with Gasteiger partial charge in [-0.3, -0.25) is 4.90 Å². The van der Waals surface area contributed by atoms with Gasteiger partial charge in [0.15, 0.2) is 0 Å². The fraction of sp³-hybridized carbons (Fsp3) is 0.611. The third kappa shape index (κ3) is 5.36. The average Bonchev–Trinajstić information content (AvgIpc) is 3.20. The van der Waals surface area contributed by atoms with Crippen LogP contribution in [0.3, 0.4) is 0 Å². The van der Waals surface area contributed by atoms with Crippen molar-refractivity contribution < 1.29 is 4.74 Å². The Bertz CT molecular complexity index is 589. The highest BCUT2D eigenvalue weighted by atomic mass is 32.1. The van der Waals surface area contributed by atoms with Gasteiger partial charge in [-0.2, -0.15) is 11.3 Å². The SMILES string of the molecule is CC1CN(CCCCNCc2csc(-c3ccsc3)n2)CC(C)O1. The highest BCUT2D eigenvalue weighted by molar-refractivity contribution is 7.14. The molecule has 0 bridgehead atoms. The Morgan fingerprint density at radius 3 is 2.83 bits per heavy atom. The average molecular weight is 366 g/mol. The molecule has 3 rings (SSSR count). The van der Waals surface area contributed by atoms with Crippen LogP contribution < -0.4 is 5.32 Å². The van der Waals surface area contributed by atoms with E-state index in [0.29, 0.717) is 12.2 Å². The smallest absolute Gasteiger partial charge is 0.124 e. The molecule has 0 amide bonds. The first-order chi connectivity index (χ1) is 11.7. The standard InChI is InChI=1S/C18H27N3OS2/c1-14-10-21(11-15(2)22-14)7-4-3-6-19-9-17-13-24-18(20-17)16-5-8-23-12-16/h5,8,12-15,19H,3-4,6-7,9-11H2,1-2H3. The zero-order valence-electron chi connectivity index (χ0n) is 14.5. The lowest BCUT2D eigenvalue weighted by molar-refractivity contribution is -0.0681. The maximum Gasteiger partial charge on any atom is 0.124 e. The normalized spacial score (nSPS) is 22.1. The fourth-order valence-electron chi connectivity index (χ4n) is 3.18. The van der Waals surface area contributed by atoms with Gasteiger partial charge >= 0.3 is 0 Å².